The van der Waals surface area contributed by atoms with Gasteiger partial charge in [0.25, 0.3) is 0 Å². The zero-order valence-corrected chi connectivity index (χ0v) is 12.1. The van der Waals surface area contributed by atoms with E-state index in [4.69, 9.17) is 0 Å². The fourth-order valence-corrected chi connectivity index (χ4v) is 3.26. The van der Waals surface area contributed by atoms with Crippen LogP contribution in [0.2, 0.25) is 0 Å². The molecule has 1 aromatic carbocycles. The lowest BCUT2D eigenvalue weighted by Crippen LogP contribution is -2.39. The van der Waals surface area contributed by atoms with Gasteiger partial charge in [-0.05, 0) is 36.6 Å². The summed E-state index contributed by atoms with van der Waals surface area (Å²) in [4.78, 5) is 16.3. The number of anilines is 2. The maximum Gasteiger partial charge on any atom is 0.227 e. The summed E-state index contributed by atoms with van der Waals surface area (Å²) in [7, 11) is 1.88. The van der Waals surface area contributed by atoms with Crippen LogP contribution in [0.4, 0.5) is 11.4 Å². The van der Waals surface area contributed by atoms with Gasteiger partial charge in [-0.2, -0.15) is 0 Å². The lowest BCUT2D eigenvalue weighted by atomic mass is 9.77. The van der Waals surface area contributed by atoms with Gasteiger partial charge in [0.05, 0.1) is 0 Å². The standard InChI is InChI=1S/C16H22N2O/c1-16(2)11-15(19)17(3)14-7-6-12(10-13(14)16)18-8-4-5-9-18/h6-7,10H,4-5,8-9,11H2,1-3H3. The van der Waals surface area contributed by atoms with Crippen LogP contribution in [0, 0.1) is 0 Å². The molecule has 2 aliphatic heterocycles. The number of hydrogen-bond donors (Lipinski definition) is 0. The molecule has 19 heavy (non-hydrogen) atoms. The van der Waals surface area contributed by atoms with Gasteiger partial charge in [-0.15, -0.1) is 0 Å². The predicted molar refractivity (Wildman–Crippen MR) is 78.9 cm³/mol. The summed E-state index contributed by atoms with van der Waals surface area (Å²) in [5.74, 6) is 0.214. The second-order valence-corrected chi connectivity index (χ2v) is 6.41. The fourth-order valence-electron chi connectivity index (χ4n) is 3.26. The van der Waals surface area contributed by atoms with Crippen molar-refractivity contribution >= 4 is 17.3 Å². The van der Waals surface area contributed by atoms with Crippen LogP contribution in [0.3, 0.4) is 0 Å². The second-order valence-electron chi connectivity index (χ2n) is 6.41. The van der Waals surface area contributed by atoms with E-state index in [1.54, 1.807) is 4.90 Å². The monoisotopic (exact) mass is 258 g/mol. The van der Waals surface area contributed by atoms with Gasteiger partial charge in [0.2, 0.25) is 5.91 Å². The van der Waals surface area contributed by atoms with E-state index < -0.39 is 0 Å². The summed E-state index contributed by atoms with van der Waals surface area (Å²) >= 11 is 0. The van der Waals surface area contributed by atoms with Crippen molar-refractivity contribution in [2.24, 2.45) is 0 Å². The van der Waals surface area contributed by atoms with Gasteiger partial charge in [-0.3, -0.25) is 4.79 Å². The number of nitrogens with zero attached hydrogens (tertiary/aromatic N) is 2. The first-order valence-electron chi connectivity index (χ1n) is 7.15. The minimum atomic E-state index is -0.0609. The summed E-state index contributed by atoms with van der Waals surface area (Å²) < 4.78 is 0. The minimum absolute atomic E-state index is 0.0609. The van der Waals surface area contributed by atoms with Crippen LogP contribution in [0.1, 0.15) is 38.7 Å². The molecular weight excluding hydrogens is 236 g/mol. The number of hydrogen-bond acceptors (Lipinski definition) is 2. The topological polar surface area (TPSA) is 23.6 Å². The Labute approximate surface area is 115 Å². The van der Waals surface area contributed by atoms with Gasteiger partial charge < -0.3 is 9.80 Å². The minimum Gasteiger partial charge on any atom is -0.372 e. The number of carbonyl (C=O) groups excluding carboxylic acids is 1. The van der Waals surface area contributed by atoms with Crippen molar-refractivity contribution < 1.29 is 4.79 Å². The number of rotatable bonds is 1. The van der Waals surface area contributed by atoms with E-state index in [2.05, 4.69) is 36.9 Å². The molecule has 2 aliphatic rings. The molecule has 1 amide bonds. The van der Waals surface area contributed by atoms with Crippen LogP contribution in [0.15, 0.2) is 18.2 Å². The van der Waals surface area contributed by atoms with Crippen molar-refractivity contribution in [3.05, 3.63) is 23.8 Å². The molecule has 0 radical (unpaired) electrons. The average Bonchev–Trinajstić information content (AvgIpc) is 2.89. The Morgan fingerprint density at radius 3 is 2.53 bits per heavy atom. The SMILES string of the molecule is CN1C(=O)CC(C)(C)c2cc(N3CCCC3)ccc21. The molecule has 0 aromatic heterocycles. The van der Waals surface area contributed by atoms with E-state index in [-0.39, 0.29) is 11.3 Å². The van der Waals surface area contributed by atoms with E-state index in [0.717, 1.165) is 18.8 Å². The highest BCUT2D eigenvalue weighted by Gasteiger charge is 2.35. The Morgan fingerprint density at radius 2 is 1.84 bits per heavy atom. The molecule has 0 bridgehead atoms. The molecule has 1 fully saturated rings. The zero-order chi connectivity index (χ0) is 13.6. The van der Waals surface area contributed by atoms with Gasteiger partial charge in [0.15, 0.2) is 0 Å². The molecule has 2 heterocycles. The highest BCUT2D eigenvalue weighted by molar-refractivity contribution is 5.97. The van der Waals surface area contributed by atoms with E-state index in [1.807, 2.05) is 7.05 Å². The number of benzene rings is 1. The molecular formula is C16H22N2O. The molecule has 0 unspecified atom stereocenters. The molecule has 3 rings (SSSR count). The summed E-state index contributed by atoms with van der Waals surface area (Å²) in [6, 6.07) is 6.57. The third kappa shape index (κ3) is 2.01. The van der Waals surface area contributed by atoms with Crippen molar-refractivity contribution in [1.29, 1.82) is 0 Å². The van der Waals surface area contributed by atoms with Crippen LogP contribution in [-0.4, -0.2) is 26.0 Å². The largest absolute Gasteiger partial charge is 0.372 e. The Kier molecular flexibility index (Phi) is 2.80. The molecule has 0 saturated carbocycles. The Hall–Kier alpha value is -1.51. The highest BCUT2D eigenvalue weighted by Crippen LogP contribution is 2.41. The van der Waals surface area contributed by atoms with E-state index >= 15 is 0 Å². The third-order valence-electron chi connectivity index (χ3n) is 4.51. The van der Waals surface area contributed by atoms with E-state index in [1.165, 1.54) is 24.1 Å². The molecule has 0 aliphatic carbocycles. The van der Waals surface area contributed by atoms with Crippen LogP contribution in [0.25, 0.3) is 0 Å². The maximum absolute atomic E-state index is 12.0. The van der Waals surface area contributed by atoms with Crippen LogP contribution in [-0.2, 0) is 10.2 Å². The van der Waals surface area contributed by atoms with Gasteiger partial charge in [-0.25, -0.2) is 0 Å². The van der Waals surface area contributed by atoms with E-state index in [0.29, 0.717) is 6.42 Å². The summed E-state index contributed by atoms with van der Waals surface area (Å²) in [5, 5.41) is 0. The maximum atomic E-state index is 12.0. The number of fused-ring (bicyclic) bond motifs is 1. The number of carbonyl (C=O) groups is 1. The van der Waals surface area contributed by atoms with Crippen molar-refractivity contribution in [3.8, 4) is 0 Å². The van der Waals surface area contributed by atoms with Gasteiger partial charge in [0, 0.05) is 43.3 Å². The second kappa shape index (κ2) is 4.26. The van der Waals surface area contributed by atoms with Crippen LogP contribution >= 0.6 is 0 Å². The van der Waals surface area contributed by atoms with Crippen LogP contribution < -0.4 is 9.80 Å². The van der Waals surface area contributed by atoms with Gasteiger partial charge in [0.1, 0.15) is 0 Å². The Balaban J connectivity index is 2.05. The summed E-state index contributed by atoms with van der Waals surface area (Å²) in [5.41, 5.74) is 3.63. The molecule has 0 spiro atoms. The van der Waals surface area contributed by atoms with Crippen LogP contribution in [0.5, 0.6) is 0 Å². The quantitative estimate of drug-likeness (QED) is 0.773. The molecule has 1 saturated heterocycles. The lowest BCUT2D eigenvalue weighted by molar-refractivity contribution is -0.119. The Morgan fingerprint density at radius 1 is 1.16 bits per heavy atom. The molecule has 1 aromatic rings. The predicted octanol–water partition coefficient (Wildman–Crippen LogP) is 2.93. The summed E-state index contributed by atoms with van der Waals surface area (Å²) in [6.45, 7) is 6.66. The molecule has 102 valence electrons. The first-order chi connectivity index (χ1) is 8.99. The molecule has 0 atom stereocenters. The lowest BCUT2D eigenvalue weighted by Gasteiger charge is -2.37. The Bertz CT molecular complexity index is 515. The van der Waals surface area contributed by atoms with Crippen molar-refractivity contribution in [2.45, 2.75) is 38.5 Å². The van der Waals surface area contributed by atoms with Crippen molar-refractivity contribution in [3.63, 3.8) is 0 Å². The normalized spacial score (nSPS) is 21.7. The molecule has 3 heteroatoms. The fraction of sp³-hybridized carbons (Fsp3) is 0.562. The summed E-state index contributed by atoms with van der Waals surface area (Å²) in [6.07, 6.45) is 3.18. The average molecular weight is 258 g/mol. The van der Waals surface area contributed by atoms with Gasteiger partial charge in [-0.1, -0.05) is 13.8 Å². The zero-order valence-electron chi connectivity index (χ0n) is 12.1. The van der Waals surface area contributed by atoms with Crippen molar-refractivity contribution in [1.82, 2.24) is 0 Å². The number of amides is 1. The van der Waals surface area contributed by atoms with Gasteiger partial charge >= 0.3 is 0 Å². The third-order valence-corrected chi connectivity index (χ3v) is 4.51. The highest BCUT2D eigenvalue weighted by atomic mass is 16.2. The first kappa shape index (κ1) is 12.5. The molecule has 0 N–H and O–H groups in total. The van der Waals surface area contributed by atoms with E-state index in [9.17, 15) is 4.79 Å². The first-order valence-corrected chi connectivity index (χ1v) is 7.15. The molecule has 3 nitrogen and oxygen atoms in total. The van der Waals surface area contributed by atoms with Crippen molar-refractivity contribution in [2.75, 3.05) is 29.9 Å². The smallest absolute Gasteiger partial charge is 0.227 e.